The molecule has 0 aromatic heterocycles. The van der Waals surface area contributed by atoms with Crippen molar-refractivity contribution in [2.45, 2.75) is 58.3 Å². The van der Waals surface area contributed by atoms with Crippen molar-refractivity contribution in [1.29, 1.82) is 0 Å². The number of hydrogen-bond donors (Lipinski definition) is 0. The quantitative estimate of drug-likeness (QED) is 0.239. The number of unbranched alkanes of at least 4 members (excludes halogenated alkanes) is 7. The SMILES string of the molecule is CCCCCCCCCCOOC(=O)c1ccccc1C(=O)OC. The van der Waals surface area contributed by atoms with Gasteiger partial charge in [-0.25, -0.2) is 9.59 Å². The lowest BCUT2D eigenvalue weighted by Crippen LogP contribution is -2.13. The molecule has 24 heavy (non-hydrogen) atoms. The predicted molar refractivity (Wildman–Crippen MR) is 91.8 cm³/mol. The first-order valence-corrected chi connectivity index (χ1v) is 8.71. The summed E-state index contributed by atoms with van der Waals surface area (Å²) in [5, 5.41) is 0. The third kappa shape index (κ3) is 7.59. The average Bonchev–Trinajstić information content (AvgIpc) is 2.62. The molecule has 5 heteroatoms. The molecule has 0 fully saturated rings. The summed E-state index contributed by atoms with van der Waals surface area (Å²) in [5.41, 5.74) is 0.306. The first-order valence-electron chi connectivity index (χ1n) is 8.71. The van der Waals surface area contributed by atoms with Crippen molar-refractivity contribution in [2.24, 2.45) is 0 Å². The van der Waals surface area contributed by atoms with Crippen LogP contribution < -0.4 is 0 Å². The van der Waals surface area contributed by atoms with Gasteiger partial charge in [-0.05, 0) is 18.6 Å². The van der Waals surface area contributed by atoms with Crippen LogP contribution in [0.15, 0.2) is 24.3 Å². The second-order valence-corrected chi connectivity index (χ2v) is 5.70. The van der Waals surface area contributed by atoms with E-state index < -0.39 is 11.9 Å². The van der Waals surface area contributed by atoms with E-state index in [2.05, 4.69) is 11.7 Å². The van der Waals surface area contributed by atoms with Gasteiger partial charge < -0.3 is 4.74 Å². The smallest absolute Gasteiger partial charge is 0.373 e. The molecule has 0 unspecified atom stereocenters. The van der Waals surface area contributed by atoms with Crippen molar-refractivity contribution in [3.63, 3.8) is 0 Å². The Labute approximate surface area is 144 Å². The van der Waals surface area contributed by atoms with E-state index in [9.17, 15) is 9.59 Å². The van der Waals surface area contributed by atoms with Gasteiger partial charge in [-0.15, -0.1) is 0 Å². The molecule has 0 aliphatic rings. The summed E-state index contributed by atoms with van der Waals surface area (Å²) in [4.78, 5) is 33.3. The van der Waals surface area contributed by atoms with Crippen molar-refractivity contribution < 1.29 is 24.1 Å². The van der Waals surface area contributed by atoms with Gasteiger partial charge in [-0.1, -0.05) is 64.0 Å². The minimum Gasteiger partial charge on any atom is -0.465 e. The summed E-state index contributed by atoms with van der Waals surface area (Å²) in [6, 6.07) is 6.33. The Morgan fingerprint density at radius 2 is 1.38 bits per heavy atom. The van der Waals surface area contributed by atoms with Gasteiger partial charge in [0, 0.05) is 0 Å². The van der Waals surface area contributed by atoms with E-state index in [1.165, 1.54) is 57.8 Å². The Kier molecular flexibility index (Phi) is 10.5. The fourth-order valence-corrected chi connectivity index (χ4v) is 2.38. The zero-order chi connectivity index (χ0) is 17.6. The van der Waals surface area contributed by atoms with Crippen LogP contribution in [0.25, 0.3) is 0 Å². The molecule has 0 spiro atoms. The second kappa shape index (κ2) is 12.5. The summed E-state index contributed by atoms with van der Waals surface area (Å²) in [6.07, 6.45) is 9.49. The molecule has 5 nitrogen and oxygen atoms in total. The predicted octanol–water partition coefficient (Wildman–Crippen LogP) is 4.70. The molecular weight excluding hydrogens is 308 g/mol. The van der Waals surface area contributed by atoms with Crippen LogP contribution in [-0.2, 0) is 14.5 Å². The number of benzene rings is 1. The summed E-state index contributed by atoms with van der Waals surface area (Å²) in [6.45, 7) is 2.57. The highest BCUT2D eigenvalue weighted by Crippen LogP contribution is 2.12. The van der Waals surface area contributed by atoms with Crippen molar-refractivity contribution in [1.82, 2.24) is 0 Å². The Morgan fingerprint density at radius 3 is 1.96 bits per heavy atom. The minimum atomic E-state index is -0.685. The van der Waals surface area contributed by atoms with E-state index in [-0.39, 0.29) is 11.1 Å². The van der Waals surface area contributed by atoms with Gasteiger partial charge in [0.1, 0.15) is 0 Å². The largest absolute Gasteiger partial charge is 0.465 e. The van der Waals surface area contributed by atoms with Crippen LogP contribution in [0.5, 0.6) is 0 Å². The maximum Gasteiger partial charge on any atom is 0.373 e. The fraction of sp³-hybridized carbons (Fsp3) is 0.579. The van der Waals surface area contributed by atoms with Crippen LogP contribution in [0.3, 0.4) is 0 Å². The molecule has 1 aromatic rings. The zero-order valence-corrected chi connectivity index (χ0v) is 14.7. The Balaban J connectivity index is 2.20. The van der Waals surface area contributed by atoms with Gasteiger partial charge in [0.2, 0.25) is 0 Å². The van der Waals surface area contributed by atoms with Crippen LogP contribution in [-0.4, -0.2) is 25.7 Å². The Hall–Kier alpha value is -1.88. The lowest BCUT2D eigenvalue weighted by atomic mass is 10.1. The monoisotopic (exact) mass is 336 g/mol. The number of rotatable bonds is 12. The number of hydrogen-bond acceptors (Lipinski definition) is 5. The summed E-state index contributed by atoms with van der Waals surface area (Å²) < 4.78 is 4.64. The van der Waals surface area contributed by atoms with Gasteiger partial charge in [0.25, 0.3) is 0 Å². The van der Waals surface area contributed by atoms with E-state index >= 15 is 0 Å². The fourth-order valence-electron chi connectivity index (χ4n) is 2.38. The third-order valence-corrected chi connectivity index (χ3v) is 3.77. The maximum atomic E-state index is 12.0. The van der Waals surface area contributed by atoms with Gasteiger partial charge in [0.15, 0.2) is 0 Å². The maximum absolute atomic E-state index is 12.0. The van der Waals surface area contributed by atoms with Gasteiger partial charge in [-0.3, -0.25) is 4.89 Å². The Bertz CT molecular complexity index is 498. The summed E-state index contributed by atoms with van der Waals surface area (Å²) in [5.74, 6) is -1.26. The van der Waals surface area contributed by atoms with Crippen molar-refractivity contribution >= 4 is 11.9 Å². The summed E-state index contributed by atoms with van der Waals surface area (Å²) in [7, 11) is 1.27. The van der Waals surface area contributed by atoms with Crippen molar-refractivity contribution in [3.8, 4) is 0 Å². The molecule has 1 aromatic carbocycles. The number of ether oxygens (including phenoxy) is 1. The van der Waals surface area contributed by atoms with Gasteiger partial charge in [0.05, 0.1) is 24.8 Å². The number of methoxy groups -OCH3 is 1. The highest BCUT2D eigenvalue weighted by Gasteiger charge is 2.18. The molecular formula is C19H28O5. The molecule has 0 N–H and O–H groups in total. The number of esters is 1. The van der Waals surface area contributed by atoms with Crippen LogP contribution in [0.4, 0.5) is 0 Å². The highest BCUT2D eigenvalue weighted by molar-refractivity contribution is 6.02. The van der Waals surface area contributed by atoms with E-state index in [1.807, 2.05) is 0 Å². The van der Waals surface area contributed by atoms with Crippen LogP contribution >= 0.6 is 0 Å². The molecule has 0 heterocycles. The normalized spacial score (nSPS) is 10.4. The topological polar surface area (TPSA) is 61.8 Å². The first-order chi connectivity index (χ1) is 11.7. The number of carbonyl (C=O) groups is 2. The molecule has 0 atom stereocenters. The van der Waals surface area contributed by atoms with E-state index in [0.717, 1.165) is 12.8 Å². The van der Waals surface area contributed by atoms with Gasteiger partial charge in [-0.2, -0.15) is 4.89 Å². The molecule has 0 saturated carbocycles. The molecule has 134 valence electrons. The molecule has 0 bridgehead atoms. The molecule has 1 rings (SSSR count). The lowest BCUT2D eigenvalue weighted by Gasteiger charge is -2.07. The minimum absolute atomic E-state index is 0.139. The molecule has 0 aliphatic heterocycles. The van der Waals surface area contributed by atoms with Crippen molar-refractivity contribution in [2.75, 3.05) is 13.7 Å². The molecule has 0 amide bonds. The second-order valence-electron chi connectivity index (χ2n) is 5.70. The molecule has 0 aliphatic carbocycles. The summed E-state index contributed by atoms with van der Waals surface area (Å²) >= 11 is 0. The first kappa shape index (κ1) is 20.2. The number of carbonyl (C=O) groups excluding carboxylic acids is 2. The van der Waals surface area contributed by atoms with E-state index in [0.29, 0.717) is 6.61 Å². The van der Waals surface area contributed by atoms with Crippen molar-refractivity contribution in [3.05, 3.63) is 35.4 Å². The third-order valence-electron chi connectivity index (χ3n) is 3.77. The lowest BCUT2D eigenvalue weighted by molar-refractivity contribution is -0.241. The highest BCUT2D eigenvalue weighted by atomic mass is 17.2. The van der Waals surface area contributed by atoms with Gasteiger partial charge >= 0.3 is 11.9 Å². The molecule has 0 saturated heterocycles. The van der Waals surface area contributed by atoms with Crippen LogP contribution in [0.2, 0.25) is 0 Å². The average molecular weight is 336 g/mol. The zero-order valence-electron chi connectivity index (χ0n) is 14.7. The van der Waals surface area contributed by atoms with Crippen LogP contribution in [0, 0.1) is 0 Å². The van der Waals surface area contributed by atoms with E-state index in [1.54, 1.807) is 12.1 Å². The standard InChI is InChI=1S/C19H28O5/c1-3-4-5-6-7-8-9-12-15-23-24-19(21)17-14-11-10-13-16(17)18(20)22-2/h10-11,13-14H,3-9,12,15H2,1-2H3. The Morgan fingerprint density at radius 1 is 0.833 bits per heavy atom. The van der Waals surface area contributed by atoms with Crippen LogP contribution in [0.1, 0.15) is 79.0 Å². The van der Waals surface area contributed by atoms with E-state index in [4.69, 9.17) is 9.78 Å². The molecule has 0 radical (unpaired) electrons.